The average Bonchev–Trinajstić information content (AvgIpc) is 2.68. The van der Waals surface area contributed by atoms with Crippen LogP contribution in [0.15, 0.2) is 18.2 Å². The maximum atomic E-state index is 5.20. The van der Waals surface area contributed by atoms with Crippen LogP contribution < -0.4 is 0 Å². The number of H-pyrrole nitrogens is 1. The Balaban J connectivity index is 2.09. The first-order valence-electron chi connectivity index (χ1n) is 6.06. The van der Waals surface area contributed by atoms with Crippen LogP contribution in [0.3, 0.4) is 0 Å². The topological polar surface area (TPSA) is 15.8 Å². The van der Waals surface area contributed by atoms with Crippen LogP contribution in [0.4, 0.5) is 0 Å². The van der Waals surface area contributed by atoms with Gasteiger partial charge in [0, 0.05) is 4.88 Å². The number of aryl methyl sites for hydroxylation is 3. The molecule has 0 radical (unpaired) electrons. The Hall–Kier alpha value is -0.930. The van der Waals surface area contributed by atoms with Gasteiger partial charge in [0.2, 0.25) is 0 Å². The molecule has 1 aromatic carbocycles. The highest BCUT2D eigenvalue weighted by Crippen LogP contribution is 2.30. The Bertz CT molecular complexity index is 607. The lowest BCUT2D eigenvalue weighted by Crippen LogP contribution is -2.02. The van der Waals surface area contributed by atoms with Crippen molar-refractivity contribution in [3.05, 3.63) is 38.2 Å². The lowest BCUT2D eigenvalue weighted by Gasteiger charge is -2.16. The van der Waals surface area contributed by atoms with E-state index in [2.05, 4.69) is 30.1 Å². The van der Waals surface area contributed by atoms with Gasteiger partial charge in [-0.2, -0.15) is 0 Å². The van der Waals surface area contributed by atoms with Crippen LogP contribution in [0, 0.1) is 10.9 Å². The minimum absolute atomic E-state index is 0.871. The van der Waals surface area contributed by atoms with E-state index < -0.39 is 0 Å². The van der Waals surface area contributed by atoms with Gasteiger partial charge in [-0.3, -0.25) is 0 Å². The van der Waals surface area contributed by atoms with E-state index in [1.54, 1.807) is 11.3 Å². The number of rotatable bonds is 1. The molecule has 0 bridgehead atoms. The van der Waals surface area contributed by atoms with Crippen molar-refractivity contribution in [1.82, 2.24) is 4.98 Å². The third kappa shape index (κ3) is 2.09. The second-order valence-electron chi connectivity index (χ2n) is 4.64. The van der Waals surface area contributed by atoms with E-state index in [-0.39, 0.29) is 0 Å². The van der Waals surface area contributed by atoms with Gasteiger partial charge in [-0.15, -0.1) is 11.3 Å². The Morgan fingerprint density at radius 2 is 1.94 bits per heavy atom. The molecule has 1 heterocycles. The number of hydrogen-bond acceptors (Lipinski definition) is 2. The fraction of sp³-hybridized carbons (Fsp3) is 0.357. The molecular formula is C14H15NS2. The third-order valence-electron chi connectivity index (χ3n) is 3.46. The van der Waals surface area contributed by atoms with Gasteiger partial charge in [0.05, 0.1) is 5.69 Å². The molecule has 0 unspecified atom stereocenters. The van der Waals surface area contributed by atoms with Gasteiger partial charge in [0.25, 0.3) is 0 Å². The van der Waals surface area contributed by atoms with Gasteiger partial charge in [-0.05, 0) is 67.6 Å². The van der Waals surface area contributed by atoms with Gasteiger partial charge in [-0.25, -0.2) is 0 Å². The third-order valence-corrected chi connectivity index (χ3v) is 4.61. The molecule has 1 aromatic heterocycles. The maximum absolute atomic E-state index is 5.20. The Morgan fingerprint density at radius 3 is 2.65 bits per heavy atom. The number of aromatic nitrogens is 1. The molecule has 0 fully saturated rings. The predicted molar refractivity (Wildman–Crippen MR) is 76.3 cm³/mol. The van der Waals surface area contributed by atoms with Crippen molar-refractivity contribution in [2.45, 2.75) is 32.6 Å². The van der Waals surface area contributed by atoms with Gasteiger partial charge in [0.1, 0.15) is 0 Å². The first-order chi connectivity index (χ1) is 8.24. The first-order valence-corrected chi connectivity index (χ1v) is 7.28. The number of nitrogens with one attached hydrogen (secondary N) is 1. The summed E-state index contributed by atoms with van der Waals surface area (Å²) in [5, 5.41) is 0. The zero-order valence-corrected chi connectivity index (χ0v) is 11.5. The van der Waals surface area contributed by atoms with E-state index in [1.807, 2.05) is 0 Å². The van der Waals surface area contributed by atoms with Crippen LogP contribution in [0.1, 0.15) is 28.8 Å². The molecule has 3 rings (SSSR count). The largest absolute Gasteiger partial charge is 0.337 e. The van der Waals surface area contributed by atoms with Crippen molar-refractivity contribution in [2.24, 2.45) is 0 Å². The fourth-order valence-corrected chi connectivity index (χ4v) is 3.75. The Labute approximate surface area is 111 Å². The number of fused-ring (bicyclic) bond motifs is 1. The molecule has 1 nitrogen and oxygen atoms in total. The summed E-state index contributed by atoms with van der Waals surface area (Å²) in [7, 11) is 0. The maximum Gasteiger partial charge on any atom is 0.159 e. The molecule has 2 aromatic rings. The number of aromatic amines is 1. The second-order valence-corrected chi connectivity index (χ2v) is 6.53. The molecule has 0 aliphatic heterocycles. The van der Waals surface area contributed by atoms with Crippen LogP contribution in [-0.2, 0) is 12.8 Å². The van der Waals surface area contributed by atoms with Crippen LogP contribution in [0.2, 0.25) is 0 Å². The van der Waals surface area contributed by atoms with Gasteiger partial charge in [-0.1, -0.05) is 12.1 Å². The molecule has 88 valence electrons. The number of benzene rings is 1. The number of hydrogen-bond donors (Lipinski definition) is 1. The van der Waals surface area contributed by atoms with Crippen LogP contribution in [0.5, 0.6) is 0 Å². The van der Waals surface area contributed by atoms with Crippen molar-refractivity contribution in [3.8, 4) is 11.3 Å². The summed E-state index contributed by atoms with van der Waals surface area (Å²) in [6, 6.07) is 6.86. The molecule has 0 saturated carbocycles. The molecular weight excluding hydrogens is 246 g/mol. The van der Waals surface area contributed by atoms with Crippen LogP contribution >= 0.6 is 23.6 Å². The SMILES string of the molecule is Cc1sc(=S)[nH]c1-c1ccc2c(c1)CCCC2. The summed E-state index contributed by atoms with van der Waals surface area (Å²) >= 11 is 6.87. The standard InChI is InChI=1S/C14H15NS2/c1-9-13(15-14(16)17-9)12-7-6-10-4-2-3-5-11(10)8-12/h6-8H,2-5H2,1H3,(H,15,16). The van der Waals surface area contributed by atoms with E-state index in [0.29, 0.717) is 0 Å². The normalized spacial score (nSPS) is 14.6. The molecule has 0 amide bonds. The fourth-order valence-electron chi connectivity index (χ4n) is 2.57. The van der Waals surface area contributed by atoms with Crippen LogP contribution in [0.25, 0.3) is 11.3 Å². The summed E-state index contributed by atoms with van der Waals surface area (Å²) in [6.07, 6.45) is 5.14. The zero-order chi connectivity index (χ0) is 11.8. The van der Waals surface area contributed by atoms with E-state index in [9.17, 15) is 0 Å². The van der Waals surface area contributed by atoms with Crippen molar-refractivity contribution >= 4 is 23.6 Å². The van der Waals surface area contributed by atoms with Gasteiger partial charge in [0.15, 0.2) is 3.95 Å². The highest BCUT2D eigenvalue weighted by Gasteiger charge is 2.11. The molecule has 0 spiro atoms. The minimum Gasteiger partial charge on any atom is -0.337 e. The van der Waals surface area contributed by atoms with Crippen molar-refractivity contribution in [2.75, 3.05) is 0 Å². The Morgan fingerprint density at radius 1 is 1.18 bits per heavy atom. The Kier molecular flexibility index (Phi) is 2.89. The quantitative estimate of drug-likeness (QED) is 0.738. The monoisotopic (exact) mass is 261 g/mol. The van der Waals surface area contributed by atoms with E-state index in [1.165, 1.54) is 52.9 Å². The minimum atomic E-state index is 0.871. The highest BCUT2D eigenvalue weighted by atomic mass is 32.1. The van der Waals surface area contributed by atoms with E-state index >= 15 is 0 Å². The molecule has 17 heavy (non-hydrogen) atoms. The summed E-state index contributed by atoms with van der Waals surface area (Å²) in [6.45, 7) is 2.13. The van der Waals surface area contributed by atoms with Crippen molar-refractivity contribution in [3.63, 3.8) is 0 Å². The van der Waals surface area contributed by atoms with Crippen LogP contribution in [-0.4, -0.2) is 4.98 Å². The van der Waals surface area contributed by atoms with E-state index in [4.69, 9.17) is 12.2 Å². The molecule has 0 saturated heterocycles. The molecule has 1 aliphatic rings. The van der Waals surface area contributed by atoms with Crippen molar-refractivity contribution in [1.29, 1.82) is 0 Å². The van der Waals surface area contributed by atoms with E-state index in [0.717, 1.165) is 3.95 Å². The first kappa shape index (κ1) is 11.2. The second kappa shape index (κ2) is 4.39. The molecule has 3 heteroatoms. The predicted octanol–water partition coefficient (Wildman–Crippen LogP) is 4.66. The molecule has 1 N–H and O–H groups in total. The van der Waals surface area contributed by atoms with Gasteiger partial charge >= 0.3 is 0 Å². The summed E-state index contributed by atoms with van der Waals surface area (Å²) in [4.78, 5) is 4.58. The average molecular weight is 261 g/mol. The smallest absolute Gasteiger partial charge is 0.159 e. The lowest BCUT2D eigenvalue weighted by atomic mass is 9.90. The van der Waals surface area contributed by atoms with Gasteiger partial charge < -0.3 is 4.98 Å². The summed E-state index contributed by atoms with van der Waals surface area (Å²) in [5.74, 6) is 0. The molecule has 1 aliphatic carbocycles. The lowest BCUT2D eigenvalue weighted by molar-refractivity contribution is 0.686. The summed E-state index contributed by atoms with van der Waals surface area (Å²) < 4.78 is 0.871. The summed E-state index contributed by atoms with van der Waals surface area (Å²) in [5.41, 5.74) is 5.55. The number of thiazole rings is 1. The highest BCUT2D eigenvalue weighted by molar-refractivity contribution is 7.73. The van der Waals surface area contributed by atoms with Crippen molar-refractivity contribution < 1.29 is 0 Å². The zero-order valence-electron chi connectivity index (χ0n) is 9.88. The molecule has 0 atom stereocenters.